The first-order valence-electron chi connectivity index (χ1n) is 7.05. The van der Waals surface area contributed by atoms with Crippen LogP contribution in [0.1, 0.15) is 18.4 Å². The van der Waals surface area contributed by atoms with Crippen molar-refractivity contribution < 1.29 is 17.9 Å². The van der Waals surface area contributed by atoms with Gasteiger partial charge >= 0.3 is 6.18 Å². The predicted molar refractivity (Wildman–Crippen MR) is 79.2 cm³/mol. The smallest absolute Gasteiger partial charge is 0.372 e. The fourth-order valence-corrected chi connectivity index (χ4v) is 2.60. The minimum Gasteiger partial charge on any atom is -0.372 e. The molecule has 0 saturated heterocycles. The van der Waals surface area contributed by atoms with Crippen LogP contribution in [0, 0.1) is 5.92 Å². The van der Waals surface area contributed by atoms with Crippen molar-refractivity contribution in [2.75, 3.05) is 19.8 Å². The Hall–Kier alpha value is -0.590. The van der Waals surface area contributed by atoms with Crippen LogP contribution in [-0.2, 0) is 11.2 Å². The molecule has 0 bridgehead atoms. The number of halogens is 4. The molecule has 1 fully saturated rings. The number of hydrogen-bond donors (Lipinski definition) is 1. The highest BCUT2D eigenvalue weighted by Crippen LogP contribution is 2.21. The second kappa shape index (κ2) is 7.61. The number of nitrogens with one attached hydrogen (secondary N) is 1. The molecule has 1 aliphatic rings. The van der Waals surface area contributed by atoms with E-state index in [1.165, 1.54) is 0 Å². The van der Waals surface area contributed by atoms with Crippen LogP contribution < -0.4 is 5.32 Å². The standard InChI is InChI=1S/C15H19BrF3NO/c16-13-3-1-2-11(7-13)6-12(8-20-14-4-5-14)9-21-10-15(17,18)19/h1-3,7,12,14,20H,4-6,8-10H2. The van der Waals surface area contributed by atoms with Crippen molar-refractivity contribution in [1.29, 1.82) is 0 Å². The van der Waals surface area contributed by atoms with Crippen molar-refractivity contribution in [3.05, 3.63) is 34.3 Å². The van der Waals surface area contributed by atoms with Crippen LogP contribution in [-0.4, -0.2) is 32.0 Å². The fourth-order valence-electron chi connectivity index (χ4n) is 2.15. The van der Waals surface area contributed by atoms with E-state index >= 15 is 0 Å². The van der Waals surface area contributed by atoms with E-state index in [1.54, 1.807) is 0 Å². The zero-order valence-electron chi connectivity index (χ0n) is 11.6. The average Bonchev–Trinajstić information content (AvgIpc) is 3.18. The Morgan fingerprint density at radius 1 is 1.33 bits per heavy atom. The molecule has 1 N–H and O–H groups in total. The third-order valence-corrected chi connectivity index (χ3v) is 3.80. The van der Waals surface area contributed by atoms with Gasteiger partial charge in [0, 0.05) is 17.1 Å². The summed E-state index contributed by atoms with van der Waals surface area (Å²) in [6.45, 7) is -0.369. The predicted octanol–water partition coefficient (Wildman–Crippen LogP) is 3.94. The van der Waals surface area contributed by atoms with Gasteiger partial charge in [-0.15, -0.1) is 0 Å². The van der Waals surface area contributed by atoms with Crippen LogP contribution in [0.15, 0.2) is 28.7 Å². The zero-order chi connectivity index (χ0) is 15.3. The normalized spacial score (nSPS) is 17.0. The van der Waals surface area contributed by atoms with E-state index in [9.17, 15) is 13.2 Å². The molecule has 2 nitrogen and oxygen atoms in total. The first-order chi connectivity index (χ1) is 9.92. The number of benzene rings is 1. The number of hydrogen-bond acceptors (Lipinski definition) is 2. The summed E-state index contributed by atoms with van der Waals surface area (Å²) in [5.41, 5.74) is 1.10. The summed E-state index contributed by atoms with van der Waals surface area (Å²) in [5, 5.41) is 3.37. The highest BCUT2D eigenvalue weighted by molar-refractivity contribution is 9.10. The van der Waals surface area contributed by atoms with Gasteiger partial charge in [0.05, 0.1) is 6.61 Å². The van der Waals surface area contributed by atoms with E-state index in [4.69, 9.17) is 4.74 Å². The maximum atomic E-state index is 12.2. The zero-order valence-corrected chi connectivity index (χ0v) is 13.2. The highest BCUT2D eigenvalue weighted by atomic mass is 79.9. The van der Waals surface area contributed by atoms with Gasteiger partial charge in [-0.1, -0.05) is 28.1 Å². The molecule has 1 atom stereocenters. The Morgan fingerprint density at radius 3 is 2.71 bits per heavy atom. The summed E-state index contributed by atoms with van der Waals surface area (Å²) >= 11 is 3.41. The summed E-state index contributed by atoms with van der Waals surface area (Å²) in [5.74, 6) is 0.0437. The molecule has 0 amide bonds. The summed E-state index contributed by atoms with van der Waals surface area (Å²) in [7, 11) is 0. The minimum atomic E-state index is -4.26. The maximum Gasteiger partial charge on any atom is 0.411 e. The Morgan fingerprint density at radius 2 is 2.10 bits per heavy atom. The lowest BCUT2D eigenvalue weighted by Gasteiger charge is -2.19. The molecule has 0 aromatic heterocycles. The highest BCUT2D eigenvalue weighted by Gasteiger charge is 2.28. The Labute approximate surface area is 131 Å². The number of rotatable bonds is 8. The van der Waals surface area contributed by atoms with Gasteiger partial charge < -0.3 is 10.1 Å². The molecule has 1 aliphatic carbocycles. The molecular weight excluding hydrogens is 347 g/mol. The Kier molecular flexibility index (Phi) is 6.08. The third kappa shape index (κ3) is 7.29. The van der Waals surface area contributed by atoms with Crippen molar-refractivity contribution in [1.82, 2.24) is 5.32 Å². The van der Waals surface area contributed by atoms with Gasteiger partial charge in [0.2, 0.25) is 0 Å². The Balaban J connectivity index is 1.84. The lowest BCUT2D eigenvalue weighted by atomic mass is 10.00. The number of alkyl halides is 3. The SMILES string of the molecule is FC(F)(F)COCC(CNC1CC1)Cc1cccc(Br)c1. The molecule has 0 radical (unpaired) electrons. The molecule has 0 aliphatic heterocycles. The van der Waals surface area contributed by atoms with E-state index in [-0.39, 0.29) is 12.5 Å². The quantitative estimate of drug-likeness (QED) is 0.753. The van der Waals surface area contributed by atoms with E-state index in [1.807, 2.05) is 24.3 Å². The van der Waals surface area contributed by atoms with Crippen LogP contribution in [0.5, 0.6) is 0 Å². The summed E-state index contributed by atoms with van der Waals surface area (Å²) in [6.07, 6.45) is -1.23. The van der Waals surface area contributed by atoms with Crippen LogP contribution in [0.25, 0.3) is 0 Å². The van der Waals surface area contributed by atoms with Gasteiger partial charge in [-0.3, -0.25) is 0 Å². The van der Waals surface area contributed by atoms with Gasteiger partial charge in [-0.05, 0) is 42.9 Å². The molecule has 21 heavy (non-hydrogen) atoms. The van der Waals surface area contributed by atoms with E-state index in [0.717, 1.165) is 22.9 Å². The van der Waals surface area contributed by atoms with Gasteiger partial charge in [-0.25, -0.2) is 0 Å². The second-order valence-electron chi connectivity index (χ2n) is 5.51. The first kappa shape index (κ1) is 16.8. The third-order valence-electron chi connectivity index (χ3n) is 3.31. The molecule has 0 spiro atoms. The van der Waals surface area contributed by atoms with Gasteiger partial charge in [0.25, 0.3) is 0 Å². The molecule has 1 aromatic carbocycles. The van der Waals surface area contributed by atoms with E-state index < -0.39 is 12.8 Å². The maximum absolute atomic E-state index is 12.2. The number of ether oxygens (including phenoxy) is 1. The second-order valence-corrected chi connectivity index (χ2v) is 6.43. The summed E-state index contributed by atoms with van der Waals surface area (Å²) in [6, 6.07) is 8.38. The molecular formula is C15H19BrF3NO. The van der Waals surface area contributed by atoms with Crippen molar-refractivity contribution in [2.45, 2.75) is 31.5 Å². The van der Waals surface area contributed by atoms with Crippen LogP contribution in [0.2, 0.25) is 0 Å². The lowest BCUT2D eigenvalue weighted by Crippen LogP contribution is -2.30. The van der Waals surface area contributed by atoms with Crippen molar-refractivity contribution in [2.24, 2.45) is 5.92 Å². The van der Waals surface area contributed by atoms with Crippen LogP contribution >= 0.6 is 15.9 Å². The monoisotopic (exact) mass is 365 g/mol. The molecule has 1 aromatic rings. The molecule has 118 valence electrons. The summed E-state index contributed by atoms with van der Waals surface area (Å²) < 4.78 is 42.3. The topological polar surface area (TPSA) is 21.3 Å². The molecule has 0 heterocycles. The first-order valence-corrected chi connectivity index (χ1v) is 7.84. The van der Waals surface area contributed by atoms with Gasteiger partial charge in [0.15, 0.2) is 0 Å². The molecule has 6 heteroatoms. The van der Waals surface area contributed by atoms with Gasteiger partial charge in [-0.2, -0.15) is 13.2 Å². The Bertz CT molecular complexity index is 449. The van der Waals surface area contributed by atoms with Crippen LogP contribution in [0.4, 0.5) is 13.2 Å². The van der Waals surface area contributed by atoms with Crippen molar-refractivity contribution in [3.8, 4) is 0 Å². The molecule has 1 unspecified atom stereocenters. The summed E-state index contributed by atoms with van der Waals surface area (Å²) in [4.78, 5) is 0. The largest absolute Gasteiger partial charge is 0.411 e. The van der Waals surface area contributed by atoms with E-state index in [0.29, 0.717) is 19.0 Å². The van der Waals surface area contributed by atoms with Gasteiger partial charge in [0.1, 0.15) is 6.61 Å². The lowest BCUT2D eigenvalue weighted by molar-refractivity contribution is -0.176. The average molecular weight is 366 g/mol. The van der Waals surface area contributed by atoms with Crippen molar-refractivity contribution in [3.63, 3.8) is 0 Å². The minimum absolute atomic E-state index is 0.0437. The molecule has 1 saturated carbocycles. The molecule has 2 rings (SSSR count). The fraction of sp³-hybridized carbons (Fsp3) is 0.600. The van der Waals surface area contributed by atoms with Crippen molar-refractivity contribution >= 4 is 15.9 Å². The van der Waals surface area contributed by atoms with E-state index in [2.05, 4.69) is 21.2 Å². The van der Waals surface area contributed by atoms with Crippen LogP contribution in [0.3, 0.4) is 0 Å².